The van der Waals surface area contributed by atoms with Crippen molar-refractivity contribution in [3.05, 3.63) is 45.1 Å². The van der Waals surface area contributed by atoms with Gasteiger partial charge >= 0.3 is 5.69 Å². The predicted molar refractivity (Wildman–Crippen MR) is 109 cm³/mol. The van der Waals surface area contributed by atoms with Crippen LogP contribution in [0.2, 0.25) is 0 Å². The van der Waals surface area contributed by atoms with Crippen LogP contribution in [0.25, 0.3) is 22.6 Å². The van der Waals surface area contributed by atoms with Gasteiger partial charge in [0.15, 0.2) is 12.3 Å². The lowest BCUT2D eigenvalue weighted by Crippen LogP contribution is -2.36. The predicted octanol–water partition coefficient (Wildman–Crippen LogP) is 0.301. The summed E-state index contributed by atoms with van der Waals surface area (Å²) in [4.78, 5) is 43.6. The first-order valence-corrected chi connectivity index (χ1v) is 9.71. The molecule has 1 aliphatic rings. The summed E-state index contributed by atoms with van der Waals surface area (Å²) in [7, 11) is 2.99. The number of aromatic nitrogens is 4. The van der Waals surface area contributed by atoms with Crippen LogP contribution >= 0.6 is 0 Å². The second kappa shape index (κ2) is 8.15. The lowest BCUT2D eigenvalue weighted by molar-refractivity contribution is -0.123. The molecule has 3 aromatic rings. The first-order valence-electron chi connectivity index (χ1n) is 9.71. The third kappa shape index (κ3) is 3.86. The van der Waals surface area contributed by atoms with E-state index in [1.165, 1.54) is 11.6 Å². The van der Waals surface area contributed by atoms with E-state index in [0.29, 0.717) is 23.8 Å². The molecule has 10 nitrogen and oxygen atoms in total. The van der Waals surface area contributed by atoms with E-state index >= 15 is 0 Å². The maximum absolute atomic E-state index is 12.3. The normalized spacial score (nSPS) is 16.1. The summed E-state index contributed by atoms with van der Waals surface area (Å²) in [6, 6.07) is 6.96. The molecule has 4 rings (SSSR count). The van der Waals surface area contributed by atoms with Crippen molar-refractivity contribution in [1.29, 1.82) is 0 Å². The van der Waals surface area contributed by atoms with E-state index < -0.39 is 11.2 Å². The van der Waals surface area contributed by atoms with Crippen molar-refractivity contribution in [2.75, 3.05) is 19.8 Å². The van der Waals surface area contributed by atoms with Gasteiger partial charge in [0, 0.05) is 32.8 Å². The molecule has 0 saturated carbocycles. The van der Waals surface area contributed by atoms with E-state index in [1.807, 2.05) is 0 Å². The van der Waals surface area contributed by atoms with Crippen molar-refractivity contribution in [2.24, 2.45) is 14.1 Å². The molecule has 158 valence electrons. The van der Waals surface area contributed by atoms with Gasteiger partial charge in [-0.3, -0.25) is 18.7 Å². The molecule has 3 heterocycles. The van der Waals surface area contributed by atoms with Crippen molar-refractivity contribution in [3.8, 4) is 17.1 Å². The first-order chi connectivity index (χ1) is 14.4. The minimum Gasteiger partial charge on any atom is -0.484 e. The van der Waals surface area contributed by atoms with E-state index in [4.69, 9.17) is 9.47 Å². The number of carbonyl (C=O) groups excluding carboxylic acids is 1. The van der Waals surface area contributed by atoms with E-state index in [2.05, 4.69) is 15.3 Å². The zero-order chi connectivity index (χ0) is 21.3. The summed E-state index contributed by atoms with van der Waals surface area (Å²) in [5.74, 6) is 0.790. The molecule has 1 fully saturated rings. The van der Waals surface area contributed by atoms with Gasteiger partial charge < -0.3 is 19.8 Å². The molecule has 0 spiro atoms. The van der Waals surface area contributed by atoms with Gasteiger partial charge in [-0.25, -0.2) is 9.78 Å². The highest BCUT2D eigenvalue weighted by molar-refractivity contribution is 5.77. The van der Waals surface area contributed by atoms with Crippen LogP contribution in [0.3, 0.4) is 0 Å². The largest absolute Gasteiger partial charge is 0.484 e. The van der Waals surface area contributed by atoms with Crippen LogP contribution in [0.5, 0.6) is 5.75 Å². The fourth-order valence-corrected chi connectivity index (χ4v) is 3.40. The van der Waals surface area contributed by atoms with Crippen molar-refractivity contribution in [2.45, 2.75) is 18.9 Å². The fraction of sp³-hybridized carbons (Fsp3) is 0.400. The van der Waals surface area contributed by atoms with Crippen LogP contribution in [0.15, 0.2) is 33.9 Å². The summed E-state index contributed by atoms with van der Waals surface area (Å²) in [5, 5.41) is 2.80. The number of imidazole rings is 1. The van der Waals surface area contributed by atoms with Crippen LogP contribution < -0.4 is 21.3 Å². The molecule has 1 saturated heterocycles. The Morgan fingerprint density at radius 3 is 2.73 bits per heavy atom. The minimum absolute atomic E-state index is 0.0884. The van der Waals surface area contributed by atoms with E-state index in [0.717, 1.165) is 29.6 Å². The average molecular weight is 413 g/mol. The molecule has 30 heavy (non-hydrogen) atoms. The summed E-state index contributed by atoms with van der Waals surface area (Å²) < 4.78 is 13.3. The summed E-state index contributed by atoms with van der Waals surface area (Å²) in [6.07, 6.45) is 2.08. The van der Waals surface area contributed by atoms with Gasteiger partial charge in [-0.1, -0.05) is 0 Å². The van der Waals surface area contributed by atoms with Crippen molar-refractivity contribution in [3.63, 3.8) is 0 Å². The van der Waals surface area contributed by atoms with Crippen molar-refractivity contribution < 1.29 is 14.3 Å². The zero-order valence-corrected chi connectivity index (χ0v) is 16.8. The van der Waals surface area contributed by atoms with Crippen LogP contribution in [0, 0.1) is 0 Å². The molecule has 1 aromatic carbocycles. The second-order valence-electron chi connectivity index (χ2n) is 7.24. The van der Waals surface area contributed by atoms with Gasteiger partial charge in [0.1, 0.15) is 17.1 Å². The minimum atomic E-state index is -0.438. The van der Waals surface area contributed by atoms with Gasteiger partial charge in [0.2, 0.25) is 0 Å². The SMILES string of the molecule is Cn1c(=O)c2[nH]c(-c3ccc(OCC(=O)NC[C@H]4CCCO4)cc3)nc2n(C)c1=O. The zero-order valence-electron chi connectivity index (χ0n) is 16.8. The Morgan fingerprint density at radius 2 is 2.03 bits per heavy atom. The molecule has 1 amide bonds. The van der Waals surface area contributed by atoms with Crippen molar-refractivity contribution >= 4 is 17.1 Å². The highest BCUT2D eigenvalue weighted by atomic mass is 16.5. The quantitative estimate of drug-likeness (QED) is 0.600. The van der Waals surface area contributed by atoms with Gasteiger partial charge in [0.05, 0.1) is 6.10 Å². The Morgan fingerprint density at radius 1 is 1.27 bits per heavy atom. The highest BCUT2D eigenvalue weighted by Gasteiger charge is 2.17. The number of ether oxygens (including phenoxy) is 2. The van der Waals surface area contributed by atoms with Gasteiger partial charge in [0.25, 0.3) is 11.5 Å². The van der Waals surface area contributed by atoms with Crippen molar-refractivity contribution in [1.82, 2.24) is 24.4 Å². The van der Waals surface area contributed by atoms with Gasteiger partial charge in [-0.05, 0) is 37.1 Å². The van der Waals surface area contributed by atoms with E-state index in [9.17, 15) is 14.4 Å². The Bertz CT molecular complexity index is 1190. The maximum Gasteiger partial charge on any atom is 0.332 e. The van der Waals surface area contributed by atoms with Crippen LogP contribution in [0.4, 0.5) is 0 Å². The molecule has 2 N–H and O–H groups in total. The number of benzene rings is 1. The molecule has 2 aromatic heterocycles. The lowest BCUT2D eigenvalue weighted by Gasteiger charge is -2.11. The fourth-order valence-electron chi connectivity index (χ4n) is 3.40. The average Bonchev–Trinajstić information content (AvgIpc) is 3.44. The van der Waals surface area contributed by atoms with Crippen LogP contribution in [-0.2, 0) is 23.6 Å². The highest BCUT2D eigenvalue weighted by Crippen LogP contribution is 2.21. The standard InChI is InChI=1S/C20H23N5O5/c1-24-18-16(19(27)25(2)20(24)28)22-17(23-18)12-5-7-13(8-6-12)30-11-15(26)21-10-14-4-3-9-29-14/h5-8,14H,3-4,9-11H2,1-2H3,(H,21,26)(H,22,23)/t14-/m1/s1. The number of aryl methyl sites for hydroxylation is 1. The molecule has 0 aliphatic carbocycles. The van der Waals surface area contributed by atoms with Crippen LogP contribution in [-0.4, -0.2) is 50.9 Å². The number of amides is 1. The number of nitrogens with one attached hydrogen (secondary N) is 2. The molecular formula is C20H23N5O5. The number of aromatic amines is 1. The number of hydrogen-bond acceptors (Lipinski definition) is 6. The summed E-state index contributed by atoms with van der Waals surface area (Å²) in [6.45, 7) is 1.16. The first kappa shape index (κ1) is 19.9. The molecule has 10 heteroatoms. The molecular weight excluding hydrogens is 390 g/mol. The monoisotopic (exact) mass is 413 g/mol. The van der Waals surface area contributed by atoms with Gasteiger partial charge in [-0.15, -0.1) is 0 Å². The molecule has 0 unspecified atom stereocenters. The Balaban J connectivity index is 1.43. The topological polar surface area (TPSA) is 120 Å². The van der Waals surface area contributed by atoms with Gasteiger partial charge in [-0.2, -0.15) is 0 Å². The summed E-state index contributed by atoms with van der Waals surface area (Å²) >= 11 is 0. The molecule has 1 aliphatic heterocycles. The van der Waals surface area contributed by atoms with E-state index in [-0.39, 0.29) is 24.1 Å². The molecule has 0 radical (unpaired) electrons. The number of H-pyrrole nitrogens is 1. The second-order valence-corrected chi connectivity index (χ2v) is 7.24. The number of rotatable bonds is 6. The Hall–Kier alpha value is -3.40. The third-order valence-electron chi connectivity index (χ3n) is 5.14. The third-order valence-corrected chi connectivity index (χ3v) is 5.14. The maximum atomic E-state index is 12.3. The number of nitrogens with zero attached hydrogens (tertiary/aromatic N) is 3. The number of carbonyl (C=O) groups is 1. The molecule has 0 bridgehead atoms. The number of fused-ring (bicyclic) bond motifs is 1. The number of hydrogen-bond donors (Lipinski definition) is 2. The Labute approximate surface area is 171 Å². The Kier molecular flexibility index (Phi) is 5.40. The van der Waals surface area contributed by atoms with Crippen LogP contribution in [0.1, 0.15) is 12.8 Å². The van der Waals surface area contributed by atoms with E-state index in [1.54, 1.807) is 31.3 Å². The molecule has 1 atom stereocenters. The lowest BCUT2D eigenvalue weighted by atomic mass is 10.2. The smallest absolute Gasteiger partial charge is 0.332 e. The summed E-state index contributed by atoms with van der Waals surface area (Å²) in [5.41, 5.74) is 0.406.